The Kier molecular flexibility index (Phi) is 5.26. The summed E-state index contributed by atoms with van der Waals surface area (Å²) in [6.45, 7) is -1.25. The van der Waals surface area contributed by atoms with Crippen LogP contribution in [0.1, 0.15) is 0 Å². The molecule has 0 aromatic rings. The number of nitrogens with one attached hydrogen (secondary N) is 1. The lowest BCUT2D eigenvalue weighted by Crippen LogP contribution is -2.65. The van der Waals surface area contributed by atoms with Gasteiger partial charge in [0.25, 0.3) is 0 Å². The van der Waals surface area contributed by atoms with E-state index in [4.69, 9.17) is 19.7 Å². The summed E-state index contributed by atoms with van der Waals surface area (Å²) >= 11 is 0. The molecule has 9 heteroatoms. The van der Waals surface area contributed by atoms with Crippen LogP contribution in [0.25, 0.3) is 0 Å². The molecule has 0 radical (unpaired) electrons. The van der Waals surface area contributed by atoms with Crippen molar-refractivity contribution in [3.05, 3.63) is 0 Å². The average Bonchev–Trinajstić information content (AvgIpc) is 2.32. The van der Waals surface area contributed by atoms with Gasteiger partial charge in [-0.3, -0.25) is 0 Å². The summed E-state index contributed by atoms with van der Waals surface area (Å²) in [5.41, 5.74) is 0. The molecule has 9 nitrogen and oxygen atoms in total. The summed E-state index contributed by atoms with van der Waals surface area (Å²) in [5.74, 6) is -2.29. The lowest BCUT2D eigenvalue weighted by atomic mass is 9.96. The lowest BCUT2D eigenvalue weighted by molar-refractivity contribution is -0.352. The van der Waals surface area contributed by atoms with E-state index < -0.39 is 36.8 Å². The summed E-state index contributed by atoms with van der Waals surface area (Å²) in [6.07, 6.45) is -5.50. The van der Waals surface area contributed by atoms with E-state index in [-0.39, 0.29) is 19.8 Å². The first kappa shape index (κ1) is 15.1. The third-order valence-electron chi connectivity index (χ3n) is 2.60. The SMILES string of the molecule is O=C(O)NCCO[C@@]1(O)[C@H](O)[C@@H](O)CO[C@@H]1CO. The standard InChI is InChI=1S/C9H17NO8/c11-3-6-9(16,7(13)5(12)4-17-6)18-2-1-10-8(14)15/h5-7,10-13,16H,1-4H2,(H,14,15)/t5-,6+,7+,9+/m0/s1. The van der Waals surface area contributed by atoms with E-state index in [1.165, 1.54) is 0 Å². The molecule has 106 valence electrons. The maximum Gasteiger partial charge on any atom is 0.404 e. The summed E-state index contributed by atoms with van der Waals surface area (Å²) in [7, 11) is 0. The number of carboxylic acid groups (broad SMARTS) is 1. The minimum atomic E-state index is -2.29. The van der Waals surface area contributed by atoms with Crippen molar-refractivity contribution in [1.82, 2.24) is 5.32 Å². The Morgan fingerprint density at radius 1 is 1.50 bits per heavy atom. The van der Waals surface area contributed by atoms with Crippen molar-refractivity contribution in [3.8, 4) is 0 Å². The van der Waals surface area contributed by atoms with Crippen molar-refractivity contribution in [3.63, 3.8) is 0 Å². The Morgan fingerprint density at radius 2 is 2.17 bits per heavy atom. The zero-order valence-corrected chi connectivity index (χ0v) is 9.52. The topological polar surface area (TPSA) is 149 Å². The van der Waals surface area contributed by atoms with Gasteiger partial charge in [-0.2, -0.15) is 0 Å². The molecule has 0 saturated carbocycles. The van der Waals surface area contributed by atoms with Crippen LogP contribution in [0.4, 0.5) is 4.79 Å². The molecule has 0 aromatic heterocycles. The fraction of sp³-hybridized carbons (Fsp3) is 0.889. The van der Waals surface area contributed by atoms with Gasteiger partial charge in [-0.05, 0) is 0 Å². The van der Waals surface area contributed by atoms with Crippen LogP contribution in [0.5, 0.6) is 0 Å². The number of aliphatic hydroxyl groups is 4. The van der Waals surface area contributed by atoms with Crippen molar-refractivity contribution in [2.24, 2.45) is 0 Å². The number of carbonyl (C=O) groups is 1. The normalized spacial score (nSPS) is 36.3. The minimum absolute atomic E-state index is 0.126. The molecule has 0 unspecified atom stereocenters. The number of aliphatic hydroxyl groups excluding tert-OH is 3. The molecule has 1 rings (SSSR count). The Balaban J connectivity index is 2.57. The van der Waals surface area contributed by atoms with Crippen LogP contribution in [0.3, 0.4) is 0 Å². The predicted molar refractivity (Wildman–Crippen MR) is 55.8 cm³/mol. The quantitative estimate of drug-likeness (QED) is 0.229. The van der Waals surface area contributed by atoms with Gasteiger partial charge in [0.15, 0.2) is 0 Å². The van der Waals surface area contributed by atoms with E-state index in [0.717, 1.165) is 0 Å². The van der Waals surface area contributed by atoms with Crippen molar-refractivity contribution in [2.45, 2.75) is 24.1 Å². The van der Waals surface area contributed by atoms with E-state index in [1.807, 2.05) is 5.32 Å². The van der Waals surface area contributed by atoms with Gasteiger partial charge in [0.1, 0.15) is 18.3 Å². The molecular formula is C9H17NO8. The zero-order valence-electron chi connectivity index (χ0n) is 9.52. The molecule has 1 fully saturated rings. The van der Waals surface area contributed by atoms with Crippen LogP contribution < -0.4 is 5.32 Å². The first-order valence-corrected chi connectivity index (χ1v) is 5.33. The largest absolute Gasteiger partial charge is 0.465 e. The van der Waals surface area contributed by atoms with E-state index in [9.17, 15) is 20.1 Å². The van der Waals surface area contributed by atoms with Crippen molar-refractivity contribution in [1.29, 1.82) is 0 Å². The smallest absolute Gasteiger partial charge is 0.404 e. The number of hydrogen-bond donors (Lipinski definition) is 6. The van der Waals surface area contributed by atoms with Crippen LogP contribution >= 0.6 is 0 Å². The van der Waals surface area contributed by atoms with Gasteiger partial charge in [0.05, 0.1) is 19.8 Å². The summed E-state index contributed by atoms with van der Waals surface area (Å²) in [6, 6.07) is 0. The van der Waals surface area contributed by atoms with E-state index >= 15 is 0 Å². The first-order chi connectivity index (χ1) is 8.41. The number of hydrogen-bond acceptors (Lipinski definition) is 7. The number of ether oxygens (including phenoxy) is 2. The second kappa shape index (κ2) is 6.27. The van der Waals surface area contributed by atoms with Gasteiger partial charge in [0.2, 0.25) is 5.79 Å². The second-order valence-electron chi connectivity index (χ2n) is 3.85. The fourth-order valence-electron chi connectivity index (χ4n) is 1.63. The third-order valence-corrected chi connectivity index (χ3v) is 2.60. The molecule has 0 aliphatic carbocycles. The van der Waals surface area contributed by atoms with Crippen molar-refractivity contribution in [2.75, 3.05) is 26.4 Å². The summed E-state index contributed by atoms with van der Waals surface area (Å²) in [4.78, 5) is 10.2. The summed E-state index contributed by atoms with van der Waals surface area (Å²) in [5, 5.41) is 48.4. The van der Waals surface area contributed by atoms with Crippen molar-refractivity contribution >= 4 is 6.09 Å². The molecule has 0 bridgehead atoms. The molecule has 0 spiro atoms. The van der Waals surface area contributed by atoms with E-state index in [2.05, 4.69) is 0 Å². The van der Waals surface area contributed by atoms with E-state index in [0.29, 0.717) is 0 Å². The molecule has 1 aliphatic rings. The Bertz CT molecular complexity index is 284. The predicted octanol–water partition coefficient (Wildman–Crippen LogP) is -2.93. The molecule has 1 amide bonds. The average molecular weight is 267 g/mol. The van der Waals surface area contributed by atoms with Crippen molar-refractivity contribution < 1.29 is 39.8 Å². The zero-order chi connectivity index (χ0) is 13.8. The van der Waals surface area contributed by atoms with Gasteiger partial charge >= 0.3 is 6.09 Å². The van der Waals surface area contributed by atoms with Gasteiger partial charge in [-0.15, -0.1) is 0 Å². The summed E-state index contributed by atoms with van der Waals surface area (Å²) < 4.78 is 9.87. The highest BCUT2D eigenvalue weighted by Gasteiger charge is 2.52. The van der Waals surface area contributed by atoms with E-state index in [1.54, 1.807) is 0 Å². The highest BCUT2D eigenvalue weighted by molar-refractivity contribution is 5.64. The number of amides is 1. The highest BCUT2D eigenvalue weighted by atomic mass is 16.7. The minimum Gasteiger partial charge on any atom is -0.465 e. The Labute approximate surface area is 103 Å². The molecule has 1 heterocycles. The molecular weight excluding hydrogens is 250 g/mol. The Morgan fingerprint density at radius 3 is 2.72 bits per heavy atom. The number of rotatable bonds is 5. The maximum atomic E-state index is 10.2. The van der Waals surface area contributed by atoms with Crippen LogP contribution in [0, 0.1) is 0 Å². The van der Waals surface area contributed by atoms with Crippen LogP contribution in [0.15, 0.2) is 0 Å². The first-order valence-electron chi connectivity index (χ1n) is 5.33. The third kappa shape index (κ3) is 3.28. The molecule has 6 N–H and O–H groups in total. The molecule has 18 heavy (non-hydrogen) atoms. The Hall–Kier alpha value is -0.970. The van der Waals surface area contributed by atoms with Gasteiger partial charge in [-0.1, -0.05) is 0 Å². The van der Waals surface area contributed by atoms with Gasteiger partial charge in [-0.25, -0.2) is 4.79 Å². The molecule has 1 saturated heterocycles. The van der Waals surface area contributed by atoms with Gasteiger partial charge < -0.3 is 40.3 Å². The van der Waals surface area contributed by atoms with Crippen LogP contribution in [0.2, 0.25) is 0 Å². The molecule has 0 aromatic carbocycles. The maximum absolute atomic E-state index is 10.2. The second-order valence-corrected chi connectivity index (χ2v) is 3.85. The van der Waals surface area contributed by atoms with Crippen LogP contribution in [-0.4, -0.2) is 82.1 Å². The highest BCUT2D eigenvalue weighted by Crippen LogP contribution is 2.27. The van der Waals surface area contributed by atoms with Crippen LogP contribution in [-0.2, 0) is 9.47 Å². The lowest BCUT2D eigenvalue weighted by Gasteiger charge is -2.43. The van der Waals surface area contributed by atoms with Gasteiger partial charge in [0, 0.05) is 6.54 Å². The fourth-order valence-corrected chi connectivity index (χ4v) is 1.63. The monoisotopic (exact) mass is 267 g/mol. The molecule has 1 aliphatic heterocycles. The molecule has 4 atom stereocenters.